The summed E-state index contributed by atoms with van der Waals surface area (Å²) in [6.07, 6.45) is 0.505. The molecule has 24 heavy (non-hydrogen) atoms. The van der Waals surface area contributed by atoms with E-state index in [4.69, 9.17) is 29.2 Å². The van der Waals surface area contributed by atoms with Crippen molar-refractivity contribution < 1.29 is 33.3 Å². The monoisotopic (exact) mass is 341 g/mol. The summed E-state index contributed by atoms with van der Waals surface area (Å²) in [6.45, 7) is 1.63. The fourth-order valence-electron chi connectivity index (χ4n) is 1.58. The average Bonchev–Trinajstić information content (AvgIpc) is 2.60. The van der Waals surface area contributed by atoms with E-state index >= 15 is 0 Å². The third-order valence-corrected chi connectivity index (χ3v) is 2.78. The molecule has 1 unspecified atom stereocenters. The Morgan fingerprint density at radius 3 is 2.71 bits per heavy atom. The SMILES string of the molecule is COCCOC(C)C(=O)OCOc1c(OC)ccnc1C(=O)N=N. The molecule has 1 aromatic rings. The molecule has 0 radical (unpaired) electrons. The van der Waals surface area contributed by atoms with E-state index in [0.29, 0.717) is 6.61 Å². The molecular weight excluding hydrogens is 322 g/mol. The van der Waals surface area contributed by atoms with Crippen LogP contribution in [0.15, 0.2) is 17.4 Å². The van der Waals surface area contributed by atoms with E-state index in [9.17, 15) is 9.59 Å². The first-order valence-electron chi connectivity index (χ1n) is 6.89. The molecule has 1 amide bonds. The molecule has 10 nitrogen and oxygen atoms in total. The summed E-state index contributed by atoms with van der Waals surface area (Å²) >= 11 is 0. The molecule has 0 saturated heterocycles. The van der Waals surface area contributed by atoms with Crippen molar-refractivity contribution in [1.82, 2.24) is 4.98 Å². The smallest absolute Gasteiger partial charge is 0.337 e. The molecule has 1 aromatic heterocycles. The van der Waals surface area contributed by atoms with Gasteiger partial charge in [0.05, 0.1) is 20.3 Å². The number of hydrogen-bond donors (Lipinski definition) is 1. The largest absolute Gasteiger partial charge is 0.493 e. The normalized spacial score (nSPS) is 11.5. The number of rotatable bonds is 10. The van der Waals surface area contributed by atoms with E-state index in [0.717, 1.165) is 0 Å². The molecule has 0 aliphatic carbocycles. The molecule has 1 rings (SSSR count). The predicted molar refractivity (Wildman–Crippen MR) is 79.1 cm³/mol. The van der Waals surface area contributed by atoms with Gasteiger partial charge in [0.1, 0.15) is 0 Å². The van der Waals surface area contributed by atoms with E-state index in [1.165, 1.54) is 33.4 Å². The summed E-state index contributed by atoms with van der Waals surface area (Å²) in [5.74, 6) is -1.43. The van der Waals surface area contributed by atoms with Crippen molar-refractivity contribution >= 4 is 11.9 Å². The van der Waals surface area contributed by atoms with E-state index in [1.807, 2.05) is 0 Å². The van der Waals surface area contributed by atoms with Crippen LogP contribution >= 0.6 is 0 Å². The van der Waals surface area contributed by atoms with Gasteiger partial charge in [-0.3, -0.25) is 4.79 Å². The first-order valence-corrected chi connectivity index (χ1v) is 6.89. The highest BCUT2D eigenvalue weighted by atomic mass is 16.7. The number of hydrogen-bond acceptors (Lipinski definition) is 9. The highest BCUT2D eigenvalue weighted by Crippen LogP contribution is 2.29. The Labute approximate surface area is 138 Å². The summed E-state index contributed by atoms with van der Waals surface area (Å²) in [6, 6.07) is 1.45. The zero-order valence-corrected chi connectivity index (χ0v) is 13.6. The lowest BCUT2D eigenvalue weighted by Crippen LogP contribution is -2.26. The Kier molecular flexibility index (Phi) is 8.30. The number of methoxy groups -OCH3 is 2. The lowest BCUT2D eigenvalue weighted by atomic mass is 10.3. The van der Waals surface area contributed by atoms with Crippen LogP contribution in [0.1, 0.15) is 17.4 Å². The van der Waals surface area contributed by atoms with E-state index in [1.54, 1.807) is 0 Å². The summed E-state index contributed by atoms with van der Waals surface area (Å²) in [4.78, 5) is 27.1. The fraction of sp³-hybridized carbons (Fsp3) is 0.500. The summed E-state index contributed by atoms with van der Waals surface area (Å²) in [5.41, 5.74) is 6.56. The number of esters is 1. The van der Waals surface area contributed by atoms with Gasteiger partial charge < -0.3 is 23.7 Å². The number of nitrogens with one attached hydrogen (secondary N) is 1. The van der Waals surface area contributed by atoms with Crippen LogP contribution in [0.2, 0.25) is 0 Å². The Bertz CT molecular complexity index is 579. The van der Waals surface area contributed by atoms with Crippen molar-refractivity contribution in [2.75, 3.05) is 34.2 Å². The number of nitrogens with zero attached hydrogens (tertiary/aromatic N) is 2. The zero-order valence-electron chi connectivity index (χ0n) is 13.6. The lowest BCUT2D eigenvalue weighted by molar-refractivity contribution is -0.163. The van der Waals surface area contributed by atoms with Crippen LogP contribution in [0.3, 0.4) is 0 Å². The van der Waals surface area contributed by atoms with Crippen molar-refractivity contribution in [3.63, 3.8) is 0 Å². The second-order valence-corrected chi connectivity index (χ2v) is 4.34. The Hall–Kier alpha value is -2.59. The third-order valence-electron chi connectivity index (χ3n) is 2.78. The highest BCUT2D eigenvalue weighted by Gasteiger charge is 2.20. The molecule has 0 aliphatic rings. The zero-order chi connectivity index (χ0) is 17.9. The summed E-state index contributed by atoms with van der Waals surface area (Å²) < 4.78 is 25.2. The minimum atomic E-state index is -0.911. The molecule has 132 valence electrons. The van der Waals surface area contributed by atoms with Crippen molar-refractivity contribution in [2.45, 2.75) is 13.0 Å². The average molecular weight is 341 g/mol. The van der Waals surface area contributed by atoms with Crippen molar-refractivity contribution in [3.05, 3.63) is 18.0 Å². The summed E-state index contributed by atoms with van der Waals surface area (Å²) in [5, 5.41) is 2.78. The first kappa shape index (κ1) is 19.5. The van der Waals surface area contributed by atoms with Gasteiger partial charge in [0.15, 0.2) is 23.3 Å². The number of aromatic nitrogens is 1. The van der Waals surface area contributed by atoms with Crippen molar-refractivity contribution in [2.24, 2.45) is 5.11 Å². The second kappa shape index (κ2) is 10.2. The molecule has 1 heterocycles. The molecule has 10 heteroatoms. The number of pyridine rings is 1. The van der Waals surface area contributed by atoms with Crippen molar-refractivity contribution in [3.8, 4) is 11.5 Å². The van der Waals surface area contributed by atoms with Gasteiger partial charge in [0.2, 0.25) is 6.79 Å². The molecule has 0 saturated carbocycles. The second-order valence-electron chi connectivity index (χ2n) is 4.34. The van der Waals surface area contributed by atoms with Gasteiger partial charge in [0.25, 0.3) is 0 Å². The molecule has 0 fully saturated rings. The van der Waals surface area contributed by atoms with Gasteiger partial charge in [0, 0.05) is 19.4 Å². The van der Waals surface area contributed by atoms with Crippen LogP contribution in [-0.4, -0.2) is 57.2 Å². The van der Waals surface area contributed by atoms with Gasteiger partial charge in [-0.15, -0.1) is 5.11 Å². The number of carbonyl (C=O) groups excluding carboxylic acids is 2. The van der Waals surface area contributed by atoms with Crippen LogP contribution in [0.25, 0.3) is 0 Å². The molecule has 0 spiro atoms. The molecular formula is C14H19N3O7. The molecule has 0 aromatic carbocycles. The van der Waals surface area contributed by atoms with Crippen molar-refractivity contribution in [1.29, 1.82) is 5.53 Å². The Balaban J connectivity index is 2.65. The minimum Gasteiger partial charge on any atom is -0.493 e. The van der Waals surface area contributed by atoms with Gasteiger partial charge in [-0.2, -0.15) is 0 Å². The number of amides is 1. The maximum absolute atomic E-state index is 11.7. The maximum atomic E-state index is 11.7. The van der Waals surface area contributed by atoms with Crippen LogP contribution < -0.4 is 9.47 Å². The highest BCUT2D eigenvalue weighted by molar-refractivity contribution is 5.95. The van der Waals surface area contributed by atoms with E-state index in [-0.39, 0.29) is 23.8 Å². The number of carbonyl (C=O) groups is 2. The molecule has 0 bridgehead atoms. The van der Waals surface area contributed by atoms with Crippen LogP contribution in [-0.2, 0) is 19.0 Å². The van der Waals surface area contributed by atoms with Gasteiger partial charge in [-0.1, -0.05) is 0 Å². The molecule has 0 aliphatic heterocycles. The number of ether oxygens (including phenoxy) is 5. The van der Waals surface area contributed by atoms with Gasteiger partial charge >= 0.3 is 11.9 Å². The third kappa shape index (κ3) is 5.56. The van der Waals surface area contributed by atoms with E-state index < -0.39 is 24.8 Å². The Morgan fingerprint density at radius 2 is 2.08 bits per heavy atom. The van der Waals surface area contributed by atoms with Crippen LogP contribution in [0, 0.1) is 5.53 Å². The van der Waals surface area contributed by atoms with E-state index in [2.05, 4.69) is 10.1 Å². The molecule has 1 N–H and O–H groups in total. The first-order chi connectivity index (χ1) is 11.5. The fourth-order valence-corrected chi connectivity index (χ4v) is 1.58. The Morgan fingerprint density at radius 1 is 1.33 bits per heavy atom. The van der Waals surface area contributed by atoms with Gasteiger partial charge in [-0.25, -0.2) is 15.3 Å². The maximum Gasteiger partial charge on any atom is 0.337 e. The summed E-state index contributed by atoms with van der Waals surface area (Å²) in [7, 11) is 2.88. The minimum absolute atomic E-state index is 0.0678. The standard InChI is InChI=1S/C14H19N3O7/c1-9(22-7-6-20-2)14(19)24-8-23-12-10(21-3)4-5-16-11(12)13(18)17-15/h4-5,9,15H,6-8H2,1-3H3. The van der Waals surface area contributed by atoms with Crippen LogP contribution in [0.5, 0.6) is 11.5 Å². The topological polar surface area (TPSA) is 129 Å². The quantitative estimate of drug-likeness (QED) is 0.291. The van der Waals surface area contributed by atoms with Gasteiger partial charge in [-0.05, 0) is 6.92 Å². The van der Waals surface area contributed by atoms with Crippen LogP contribution in [0.4, 0.5) is 0 Å². The predicted octanol–water partition coefficient (Wildman–Crippen LogP) is 1.19. The lowest BCUT2D eigenvalue weighted by Gasteiger charge is -2.15. The molecule has 1 atom stereocenters.